The SMILES string of the molecule is Cc1cc(C)cc(OC(=O)F)c1. The molecule has 64 valence electrons. The van der Waals surface area contributed by atoms with Crippen LogP contribution in [0.15, 0.2) is 18.2 Å². The van der Waals surface area contributed by atoms with Crippen LogP contribution in [0.3, 0.4) is 0 Å². The van der Waals surface area contributed by atoms with E-state index in [1.165, 1.54) is 0 Å². The van der Waals surface area contributed by atoms with Crippen molar-refractivity contribution in [3.05, 3.63) is 29.3 Å². The molecule has 3 heteroatoms. The predicted octanol–water partition coefficient (Wildman–Crippen LogP) is 2.77. The highest BCUT2D eigenvalue weighted by Gasteiger charge is 2.01. The summed E-state index contributed by atoms with van der Waals surface area (Å²) in [5.41, 5.74) is 1.87. The molecule has 0 aromatic heterocycles. The first-order chi connectivity index (χ1) is 5.58. The van der Waals surface area contributed by atoms with E-state index in [1.54, 1.807) is 12.1 Å². The lowest BCUT2D eigenvalue weighted by molar-refractivity contribution is 0.175. The summed E-state index contributed by atoms with van der Waals surface area (Å²) in [6.45, 7) is 3.70. The standard InChI is InChI=1S/C9H9FO2/c1-6-3-7(2)5-8(4-6)12-9(10)11/h3-5H,1-2H3. The van der Waals surface area contributed by atoms with Gasteiger partial charge in [0.05, 0.1) is 0 Å². The molecule has 0 saturated heterocycles. The Balaban J connectivity index is 2.93. The molecule has 0 aliphatic heterocycles. The second-order valence-electron chi connectivity index (χ2n) is 2.66. The third-order valence-corrected chi connectivity index (χ3v) is 1.39. The van der Waals surface area contributed by atoms with Crippen molar-refractivity contribution >= 4 is 6.22 Å². The number of aryl methyl sites for hydroxylation is 2. The summed E-state index contributed by atoms with van der Waals surface area (Å²) in [7, 11) is 0. The van der Waals surface area contributed by atoms with E-state index in [1.807, 2.05) is 19.9 Å². The van der Waals surface area contributed by atoms with E-state index in [0.717, 1.165) is 11.1 Å². The van der Waals surface area contributed by atoms with Crippen LogP contribution in [0.4, 0.5) is 9.18 Å². The maximum absolute atomic E-state index is 11.8. The van der Waals surface area contributed by atoms with E-state index in [9.17, 15) is 9.18 Å². The van der Waals surface area contributed by atoms with E-state index < -0.39 is 6.22 Å². The maximum Gasteiger partial charge on any atom is 0.500 e. The molecule has 0 atom stereocenters. The first-order valence-electron chi connectivity index (χ1n) is 3.53. The molecule has 0 fully saturated rings. The molecule has 0 spiro atoms. The van der Waals surface area contributed by atoms with Crippen LogP contribution in [-0.2, 0) is 0 Å². The smallest absolute Gasteiger partial charge is 0.401 e. The second kappa shape index (κ2) is 3.34. The zero-order chi connectivity index (χ0) is 9.14. The monoisotopic (exact) mass is 168 g/mol. The zero-order valence-electron chi connectivity index (χ0n) is 6.93. The molecule has 1 aromatic rings. The minimum Gasteiger partial charge on any atom is -0.401 e. The van der Waals surface area contributed by atoms with Crippen LogP contribution in [0.2, 0.25) is 0 Å². The van der Waals surface area contributed by atoms with Gasteiger partial charge in [0.25, 0.3) is 0 Å². The molecule has 2 nitrogen and oxygen atoms in total. The number of benzene rings is 1. The molecule has 12 heavy (non-hydrogen) atoms. The van der Waals surface area contributed by atoms with Crippen molar-refractivity contribution in [1.82, 2.24) is 0 Å². The topological polar surface area (TPSA) is 26.3 Å². The fourth-order valence-corrected chi connectivity index (χ4v) is 1.08. The Morgan fingerprint density at radius 1 is 1.25 bits per heavy atom. The number of hydrogen-bond acceptors (Lipinski definition) is 2. The van der Waals surface area contributed by atoms with E-state index in [2.05, 4.69) is 4.74 Å². The van der Waals surface area contributed by atoms with Gasteiger partial charge in [-0.15, -0.1) is 4.39 Å². The molecule has 0 bridgehead atoms. The first kappa shape index (κ1) is 8.71. The molecule has 1 rings (SSSR count). The Morgan fingerprint density at radius 2 is 1.75 bits per heavy atom. The van der Waals surface area contributed by atoms with Crippen LogP contribution in [0.1, 0.15) is 11.1 Å². The average molecular weight is 168 g/mol. The third kappa shape index (κ3) is 2.34. The third-order valence-electron chi connectivity index (χ3n) is 1.39. The van der Waals surface area contributed by atoms with Gasteiger partial charge in [0.1, 0.15) is 5.75 Å². The quantitative estimate of drug-likeness (QED) is 0.602. The molecule has 0 radical (unpaired) electrons. The fourth-order valence-electron chi connectivity index (χ4n) is 1.08. The van der Waals surface area contributed by atoms with Crippen molar-refractivity contribution < 1.29 is 13.9 Å². The van der Waals surface area contributed by atoms with Gasteiger partial charge in [0.2, 0.25) is 0 Å². The minimum absolute atomic E-state index is 0.250. The molecule has 0 aliphatic rings. The molecule has 1 aromatic carbocycles. The number of carbonyl (C=O) groups excluding carboxylic acids is 1. The Kier molecular flexibility index (Phi) is 2.43. The summed E-state index contributed by atoms with van der Waals surface area (Å²) in [6, 6.07) is 5.12. The van der Waals surface area contributed by atoms with Crippen LogP contribution < -0.4 is 4.74 Å². The summed E-state index contributed by atoms with van der Waals surface area (Å²) in [5, 5.41) is 0. The van der Waals surface area contributed by atoms with Gasteiger partial charge in [0, 0.05) is 0 Å². The summed E-state index contributed by atoms with van der Waals surface area (Å²) in [6.07, 6.45) is -1.78. The van der Waals surface area contributed by atoms with Crippen LogP contribution in [0.25, 0.3) is 0 Å². The minimum atomic E-state index is -1.78. The van der Waals surface area contributed by atoms with Crippen LogP contribution in [0.5, 0.6) is 5.75 Å². The summed E-state index contributed by atoms with van der Waals surface area (Å²) < 4.78 is 16.1. The van der Waals surface area contributed by atoms with Gasteiger partial charge < -0.3 is 4.74 Å². The first-order valence-corrected chi connectivity index (χ1v) is 3.53. The number of halogens is 1. The number of carbonyl (C=O) groups is 1. The fraction of sp³-hybridized carbons (Fsp3) is 0.222. The van der Waals surface area contributed by atoms with Crippen molar-refractivity contribution in [2.24, 2.45) is 0 Å². The van der Waals surface area contributed by atoms with Gasteiger partial charge >= 0.3 is 6.22 Å². The summed E-state index contributed by atoms with van der Waals surface area (Å²) in [5.74, 6) is 0.250. The van der Waals surface area contributed by atoms with Gasteiger partial charge in [-0.1, -0.05) is 6.07 Å². The highest BCUT2D eigenvalue weighted by Crippen LogP contribution is 2.16. The Labute approximate surface area is 70.0 Å². The van der Waals surface area contributed by atoms with Crippen molar-refractivity contribution in [3.63, 3.8) is 0 Å². The van der Waals surface area contributed by atoms with Gasteiger partial charge in [-0.2, -0.15) is 0 Å². The molecular formula is C9H9FO2. The Bertz CT molecular complexity index is 287. The molecule has 0 saturated carbocycles. The molecule has 0 amide bonds. The van der Waals surface area contributed by atoms with Crippen molar-refractivity contribution in [2.45, 2.75) is 13.8 Å². The number of hydrogen-bond donors (Lipinski definition) is 0. The van der Waals surface area contributed by atoms with E-state index in [4.69, 9.17) is 0 Å². The van der Waals surface area contributed by atoms with Gasteiger partial charge in [0.15, 0.2) is 0 Å². The highest BCUT2D eigenvalue weighted by atomic mass is 19.1. The van der Waals surface area contributed by atoms with E-state index in [-0.39, 0.29) is 5.75 Å². The lowest BCUT2D eigenvalue weighted by Crippen LogP contribution is -1.97. The number of rotatable bonds is 1. The summed E-state index contributed by atoms with van der Waals surface area (Å²) >= 11 is 0. The number of ether oxygens (including phenoxy) is 1. The maximum atomic E-state index is 11.8. The Morgan fingerprint density at radius 3 is 2.17 bits per heavy atom. The molecule has 0 unspecified atom stereocenters. The van der Waals surface area contributed by atoms with Crippen LogP contribution >= 0.6 is 0 Å². The summed E-state index contributed by atoms with van der Waals surface area (Å²) in [4.78, 5) is 9.95. The highest BCUT2D eigenvalue weighted by molar-refractivity contribution is 5.62. The molecule has 0 N–H and O–H groups in total. The zero-order valence-corrected chi connectivity index (χ0v) is 6.93. The van der Waals surface area contributed by atoms with Crippen LogP contribution in [0, 0.1) is 13.8 Å². The Hall–Kier alpha value is -1.38. The van der Waals surface area contributed by atoms with Gasteiger partial charge in [-0.05, 0) is 37.1 Å². The van der Waals surface area contributed by atoms with Gasteiger partial charge in [-0.3, -0.25) is 0 Å². The lowest BCUT2D eigenvalue weighted by atomic mass is 10.1. The van der Waals surface area contributed by atoms with Gasteiger partial charge in [-0.25, -0.2) is 4.79 Å². The lowest BCUT2D eigenvalue weighted by Gasteiger charge is -2.01. The van der Waals surface area contributed by atoms with Crippen molar-refractivity contribution in [3.8, 4) is 5.75 Å². The predicted molar refractivity (Wildman–Crippen MR) is 43.0 cm³/mol. The normalized spacial score (nSPS) is 9.58. The van der Waals surface area contributed by atoms with Crippen molar-refractivity contribution in [2.75, 3.05) is 0 Å². The van der Waals surface area contributed by atoms with E-state index in [0.29, 0.717) is 0 Å². The van der Waals surface area contributed by atoms with Crippen LogP contribution in [-0.4, -0.2) is 6.22 Å². The van der Waals surface area contributed by atoms with Crippen molar-refractivity contribution in [1.29, 1.82) is 0 Å². The van der Waals surface area contributed by atoms with E-state index >= 15 is 0 Å². The average Bonchev–Trinajstić information content (AvgIpc) is 1.81. The second-order valence-corrected chi connectivity index (χ2v) is 2.66. The molecule has 0 heterocycles. The molecule has 0 aliphatic carbocycles. The molecular weight excluding hydrogens is 159 g/mol. The largest absolute Gasteiger partial charge is 0.500 e.